The van der Waals surface area contributed by atoms with Crippen molar-refractivity contribution in [1.29, 1.82) is 0 Å². The summed E-state index contributed by atoms with van der Waals surface area (Å²) in [5.41, 5.74) is -4.62. The van der Waals surface area contributed by atoms with Gasteiger partial charge in [-0.15, -0.1) is 0 Å². The molecule has 0 saturated carbocycles. The molecule has 1 aliphatic heterocycles. The Bertz CT molecular complexity index is 1180. The maximum atomic E-state index is 13.8. The summed E-state index contributed by atoms with van der Waals surface area (Å²) in [6.45, 7) is 2.90. The van der Waals surface area contributed by atoms with Gasteiger partial charge in [0.2, 0.25) is 11.8 Å². The molecule has 0 radical (unpaired) electrons. The van der Waals surface area contributed by atoms with Crippen LogP contribution in [0.3, 0.4) is 0 Å². The SMILES string of the molecule is CN(C)CC(=O)N1CC(c2ccc(F)cc2)[C@H](N(C)C(=O)C(C)(C)c2cc(C(F)(F)F)cc(C(F)(F)F)c2)C1. The van der Waals surface area contributed by atoms with Gasteiger partial charge in [0.05, 0.1) is 29.1 Å². The number of rotatable bonds is 6. The van der Waals surface area contributed by atoms with Crippen LogP contribution < -0.4 is 0 Å². The van der Waals surface area contributed by atoms with E-state index < -0.39 is 58.1 Å². The lowest BCUT2D eigenvalue weighted by Gasteiger charge is -2.36. The number of benzene rings is 2. The molecule has 0 bridgehead atoms. The molecule has 1 fully saturated rings. The summed E-state index contributed by atoms with van der Waals surface area (Å²) in [7, 11) is 4.83. The number of carbonyl (C=O) groups excluding carboxylic acids is 2. The smallest absolute Gasteiger partial charge is 0.340 e. The van der Waals surface area contributed by atoms with Gasteiger partial charge in [0.25, 0.3) is 0 Å². The Hall–Kier alpha value is -3.15. The number of likely N-dealkylation sites (N-methyl/N-ethyl adjacent to an activating group) is 2. The first kappa shape index (κ1) is 30.4. The van der Waals surface area contributed by atoms with Gasteiger partial charge >= 0.3 is 12.4 Å². The van der Waals surface area contributed by atoms with Crippen LogP contribution in [0.1, 0.15) is 42.0 Å². The van der Waals surface area contributed by atoms with Crippen molar-refractivity contribution in [3.63, 3.8) is 0 Å². The Morgan fingerprint density at radius 2 is 1.33 bits per heavy atom. The summed E-state index contributed by atoms with van der Waals surface area (Å²) in [5.74, 6) is -1.89. The van der Waals surface area contributed by atoms with E-state index in [1.165, 1.54) is 50.1 Å². The van der Waals surface area contributed by atoms with Gasteiger partial charge in [0.1, 0.15) is 5.82 Å². The molecular weight excluding hydrogens is 531 g/mol. The van der Waals surface area contributed by atoms with Gasteiger partial charge in [0, 0.05) is 26.1 Å². The van der Waals surface area contributed by atoms with Gasteiger partial charge in [-0.25, -0.2) is 4.39 Å². The van der Waals surface area contributed by atoms with Gasteiger partial charge in [-0.2, -0.15) is 26.3 Å². The van der Waals surface area contributed by atoms with E-state index in [4.69, 9.17) is 0 Å². The second-order valence-electron chi connectivity index (χ2n) is 10.6. The highest BCUT2D eigenvalue weighted by molar-refractivity contribution is 5.88. The molecule has 0 aliphatic carbocycles. The molecule has 0 aromatic heterocycles. The number of alkyl halides is 6. The van der Waals surface area contributed by atoms with Crippen LogP contribution in [-0.4, -0.2) is 73.3 Å². The second kappa shape index (κ2) is 10.8. The van der Waals surface area contributed by atoms with E-state index in [9.17, 15) is 40.3 Å². The lowest BCUT2D eigenvalue weighted by atomic mass is 9.80. The Balaban J connectivity index is 2.01. The van der Waals surface area contributed by atoms with E-state index in [1.807, 2.05) is 0 Å². The average molecular weight is 562 g/mol. The van der Waals surface area contributed by atoms with Crippen LogP contribution in [0.15, 0.2) is 42.5 Å². The van der Waals surface area contributed by atoms with Crippen LogP contribution >= 0.6 is 0 Å². The summed E-state index contributed by atoms with van der Waals surface area (Å²) in [5, 5.41) is 0. The molecule has 2 aromatic carbocycles. The monoisotopic (exact) mass is 561 g/mol. The van der Waals surface area contributed by atoms with Crippen LogP contribution in [-0.2, 0) is 27.4 Å². The molecule has 0 spiro atoms. The summed E-state index contributed by atoms with van der Waals surface area (Å²) in [6.07, 6.45) is -10.1. The van der Waals surface area contributed by atoms with Gasteiger partial charge in [-0.1, -0.05) is 12.1 Å². The number of halogens is 7. The van der Waals surface area contributed by atoms with Crippen molar-refractivity contribution in [2.24, 2.45) is 0 Å². The molecule has 12 heteroatoms. The van der Waals surface area contributed by atoms with Crippen molar-refractivity contribution in [3.8, 4) is 0 Å². The third-order valence-corrected chi connectivity index (χ3v) is 7.05. The highest BCUT2D eigenvalue weighted by atomic mass is 19.4. The predicted molar refractivity (Wildman–Crippen MR) is 130 cm³/mol. The fourth-order valence-corrected chi connectivity index (χ4v) is 4.82. The van der Waals surface area contributed by atoms with Crippen LogP contribution in [0, 0.1) is 5.82 Å². The maximum Gasteiger partial charge on any atom is 0.416 e. The zero-order chi connectivity index (χ0) is 29.5. The standard InChI is InChI=1S/C27H30F7N3O2/c1-25(2,17-10-18(26(29,30)31)12-19(11-17)27(32,33)34)24(39)36(5)22-14-37(23(38)15-35(3)4)13-21(22)16-6-8-20(28)9-7-16/h6-12,21-22H,13-15H2,1-5H3/t21?,22-/m1/s1. The molecule has 2 atom stereocenters. The van der Waals surface area contributed by atoms with Crippen molar-refractivity contribution in [2.45, 2.75) is 43.6 Å². The molecule has 1 aliphatic rings. The van der Waals surface area contributed by atoms with Crippen LogP contribution in [0.2, 0.25) is 0 Å². The predicted octanol–water partition coefficient (Wildman–Crippen LogP) is 5.16. The molecular formula is C27H30F7N3O2. The van der Waals surface area contributed by atoms with E-state index in [-0.39, 0.29) is 31.6 Å². The zero-order valence-electron chi connectivity index (χ0n) is 22.1. The summed E-state index contributed by atoms with van der Waals surface area (Å²) in [4.78, 5) is 31.0. The third kappa shape index (κ3) is 6.71. The minimum atomic E-state index is -5.06. The van der Waals surface area contributed by atoms with E-state index in [0.717, 1.165) is 0 Å². The van der Waals surface area contributed by atoms with Gasteiger partial charge < -0.3 is 14.7 Å². The van der Waals surface area contributed by atoms with Crippen molar-refractivity contribution in [3.05, 3.63) is 70.5 Å². The third-order valence-electron chi connectivity index (χ3n) is 7.05. The van der Waals surface area contributed by atoms with Crippen molar-refractivity contribution in [2.75, 3.05) is 40.8 Å². The number of amides is 2. The Morgan fingerprint density at radius 3 is 1.79 bits per heavy atom. The first-order chi connectivity index (χ1) is 17.8. The van der Waals surface area contributed by atoms with E-state index in [0.29, 0.717) is 17.7 Å². The topological polar surface area (TPSA) is 43.9 Å². The molecule has 1 unspecified atom stereocenters. The van der Waals surface area contributed by atoms with E-state index in [1.54, 1.807) is 23.9 Å². The van der Waals surface area contributed by atoms with Crippen LogP contribution in [0.25, 0.3) is 0 Å². The summed E-state index contributed by atoms with van der Waals surface area (Å²) in [6, 6.07) is 6.00. The minimum absolute atomic E-state index is 0.0174. The fourth-order valence-electron chi connectivity index (χ4n) is 4.82. The maximum absolute atomic E-state index is 13.8. The molecule has 2 amide bonds. The lowest BCUT2D eigenvalue weighted by molar-refractivity contribution is -0.144. The normalized spacial score (nSPS) is 18.5. The molecule has 0 N–H and O–H groups in total. The molecule has 214 valence electrons. The first-order valence-electron chi connectivity index (χ1n) is 12.1. The Morgan fingerprint density at radius 1 is 0.846 bits per heavy atom. The molecule has 1 saturated heterocycles. The number of hydrogen-bond acceptors (Lipinski definition) is 3. The van der Waals surface area contributed by atoms with Gasteiger partial charge in [0.15, 0.2) is 0 Å². The van der Waals surface area contributed by atoms with E-state index in [2.05, 4.69) is 0 Å². The minimum Gasteiger partial charge on any atom is -0.340 e. The molecule has 1 heterocycles. The van der Waals surface area contributed by atoms with Crippen LogP contribution in [0.4, 0.5) is 30.7 Å². The lowest BCUT2D eigenvalue weighted by Crippen LogP contribution is -2.49. The number of likely N-dealkylation sites (tertiary alicyclic amines) is 1. The average Bonchev–Trinajstić information content (AvgIpc) is 3.27. The van der Waals surface area contributed by atoms with Crippen molar-refractivity contribution < 1.29 is 40.3 Å². The highest BCUT2D eigenvalue weighted by Crippen LogP contribution is 2.40. The highest BCUT2D eigenvalue weighted by Gasteiger charge is 2.45. The fraction of sp³-hybridized carbons (Fsp3) is 0.481. The molecule has 2 aromatic rings. The van der Waals surface area contributed by atoms with Gasteiger partial charge in [-0.3, -0.25) is 9.59 Å². The second-order valence-corrected chi connectivity index (χ2v) is 10.6. The van der Waals surface area contributed by atoms with Crippen LogP contribution in [0.5, 0.6) is 0 Å². The Labute approximate surface area is 222 Å². The van der Waals surface area contributed by atoms with E-state index >= 15 is 0 Å². The van der Waals surface area contributed by atoms with Crippen molar-refractivity contribution in [1.82, 2.24) is 14.7 Å². The number of hydrogen-bond donors (Lipinski definition) is 0. The first-order valence-corrected chi connectivity index (χ1v) is 12.1. The van der Waals surface area contributed by atoms with Crippen molar-refractivity contribution >= 4 is 11.8 Å². The number of carbonyl (C=O) groups is 2. The Kier molecular flexibility index (Phi) is 8.40. The summed E-state index contributed by atoms with van der Waals surface area (Å²) < 4.78 is 94.4. The molecule has 5 nitrogen and oxygen atoms in total. The summed E-state index contributed by atoms with van der Waals surface area (Å²) >= 11 is 0. The molecule has 3 rings (SSSR count). The molecule has 39 heavy (non-hydrogen) atoms. The quantitative estimate of drug-likeness (QED) is 0.458. The van der Waals surface area contributed by atoms with Gasteiger partial charge in [-0.05, 0) is 69.4 Å². The number of nitrogens with zero attached hydrogens (tertiary/aromatic N) is 3. The largest absolute Gasteiger partial charge is 0.416 e. The zero-order valence-corrected chi connectivity index (χ0v) is 22.1.